The first kappa shape index (κ1) is 14.7. The summed E-state index contributed by atoms with van der Waals surface area (Å²) in [6.45, 7) is 0. The zero-order valence-corrected chi connectivity index (χ0v) is 12.0. The van der Waals surface area contributed by atoms with Gasteiger partial charge in [-0.25, -0.2) is 4.79 Å². The van der Waals surface area contributed by atoms with Crippen LogP contribution in [0.5, 0.6) is 0 Å². The molecule has 2 N–H and O–H groups in total. The van der Waals surface area contributed by atoms with E-state index in [1.54, 1.807) is 18.6 Å². The van der Waals surface area contributed by atoms with Crippen LogP contribution in [0.4, 0.5) is 0 Å². The van der Waals surface area contributed by atoms with E-state index < -0.39 is 5.97 Å². The summed E-state index contributed by atoms with van der Waals surface area (Å²) in [6, 6.07) is 1.77. The molecule has 1 fully saturated rings. The number of nitrogens with one attached hydrogen (secondary N) is 1. The summed E-state index contributed by atoms with van der Waals surface area (Å²) in [7, 11) is 1.65. The van der Waals surface area contributed by atoms with Crippen LogP contribution in [-0.2, 0) is 9.53 Å². The lowest BCUT2D eigenvalue weighted by atomic mass is 10.2. The molecule has 0 bridgehead atoms. The average Bonchev–Trinajstić information content (AvgIpc) is 3.04. The number of thiophene rings is 1. The molecule has 1 aliphatic carbocycles. The molecule has 0 radical (unpaired) electrons. The first-order valence-corrected chi connectivity index (χ1v) is 7.32. The lowest BCUT2D eigenvalue weighted by Crippen LogP contribution is -2.40. The Bertz CT molecular complexity index is 523. The van der Waals surface area contributed by atoms with E-state index in [-0.39, 0.29) is 18.1 Å². The average molecular weight is 295 g/mol. The lowest BCUT2D eigenvalue weighted by molar-refractivity contribution is -0.131. The van der Waals surface area contributed by atoms with Crippen LogP contribution in [0.15, 0.2) is 17.5 Å². The van der Waals surface area contributed by atoms with E-state index in [4.69, 9.17) is 9.84 Å². The van der Waals surface area contributed by atoms with Crippen LogP contribution in [0.3, 0.4) is 0 Å². The molecule has 1 amide bonds. The number of carboxylic acid groups (broad SMARTS) is 1. The third kappa shape index (κ3) is 3.46. The second-order valence-electron chi connectivity index (χ2n) is 4.66. The second kappa shape index (κ2) is 6.67. The largest absolute Gasteiger partial charge is 0.478 e. The summed E-state index contributed by atoms with van der Waals surface area (Å²) in [5.41, 5.74) is 0.627. The summed E-state index contributed by atoms with van der Waals surface area (Å²) in [5, 5.41) is 13.4. The fourth-order valence-electron chi connectivity index (χ4n) is 2.40. The van der Waals surface area contributed by atoms with E-state index in [1.807, 2.05) is 0 Å². The van der Waals surface area contributed by atoms with E-state index in [9.17, 15) is 9.59 Å². The van der Waals surface area contributed by atoms with Gasteiger partial charge in [0, 0.05) is 13.2 Å². The number of hydrogen-bond donors (Lipinski definition) is 2. The number of carbonyl (C=O) groups excluding carboxylic acids is 1. The highest BCUT2D eigenvalue weighted by Gasteiger charge is 2.29. The Morgan fingerprint density at radius 1 is 1.50 bits per heavy atom. The van der Waals surface area contributed by atoms with Crippen molar-refractivity contribution in [2.45, 2.75) is 31.4 Å². The first-order chi connectivity index (χ1) is 9.61. The van der Waals surface area contributed by atoms with Crippen molar-refractivity contribution in [1.82, 2.24) is 5.32 Å². The topological polar surface area (TPSA) is 75.6 Å². The second-order valence-corrected chi connectivity index (χ2v) is 5.58. The van der Waals surface area contributed by atoms with Gasteiger partial charge in [-0.3, -0.25) is 4.79 Å². The van der Waals surface area contributed by atoms with Gasteiger partial charge >= 0.3 is 5.97 Å². The van der Waals surface area contributed by atoms with Gasteiger partial charge in [-0.2, -0.15) is 0 Å². The van der Waals surface area contributed by atoms with Crippen molar-refractivity contribution in [3.8, 4) is 0 Å². The number of amides is 1. The minimum Gasteiger partial charge on any atom is -0.478 e. The summed E-state index contributed by atoms with van der Waals surface area (Å²) in [6.07, 6.45) is 5.45. The molecule has 2 atom stereocenters. The minimum atomic E-state index is -1.03. The Hall–Kier alpha value is -1.66. The van der Waals surface area contributed by atoms with Gasteiger partial charge in [-0.15, -0.1) is 11.3 Å². The number of carboxylic acids is 1. The van der Waals surface area contributed by atoms with Crippen LogP contribution in [-0.4, -0.2) is 36.2 Å². The Labute approximate surface area is 121 Å². The number of hydrogen-bond acceptors (Lipinski definition) is 4. The molecule has 1 saturated carbocycles. The molecule has 5 nitrogen and oxygen atoms in total. The van der Waals surface area contributed by atoms with Crippen LogP contribution in [0, 0.1) is 0 Å². The zero-order valence-electron chi connectivity index (χ0n) is 11.2. The summed E-state index contributed by atoms with van der Waals surface area (Å²) in [5.74, 6) is -1.20. The molecule has 0 spiro atoms. The Kier molecular flexibility index (Phi) is 4.92. The van der Waals surface area contributed by atoms with E-state index in [2.05, 4.69) is 5.32 Å². The number of carbonyl (C=O) groups is 2. The van der Waals surface area contributed by atoms with Crippen LogP contribution >= 0.6 is 11.3 Å². The monoisotopic (exact) mass is 295 g/mol. The van der Waals surface area contributed by atoms with Gasteiger partial charge in [0.1, 0.15) is 0 Å². The fraction of sp³-hybridized carbons (Fsp3) is 0.429. The highest BCUT2D eigenvalue weighted by Crippen LogP contribution is 2.23. The van der Waals surface area contributed by atoms with Crippen molar-refractivity contribution in [3.63, 3.8) is 0 Å². The Morgan fingerprint density at radius 3 is 3.00 bits per heavy atom. The molecule has 20 heavy (non-hydrogen) atoms. The SMILES string of the molecule is COC1CCCC1NC(=O)c1sccc1C=CC(=O)O. The molecule has 1 heterocycles. The molecule has 6 heteroatoms. The molecule has 1 aromatic heterocycles. The first-order valence-electron chi connectivity index (χ1n) is 6.44. The highest BCUT2D eigenvalue weighted by atomic mass is 32.1. The van der Waals surface area contributed by atoms with Crippen LogP contribution in [0.1, 0.15) is 34.5 Å². The highest BCUT2D eigenvalue weighted by molar-refractivity contribution is 7.12. The molecule has 0 saturated heterocycles. The number of rotatable bonds is 5. The van der Waals surface area contributed by atoms with E-state index in [0.717, 1.165) is 25.3 Å². The molecule has 2 unspecified atom stereocenters. The van der Waals surface area contributed by atoms with Gasteiger partial charge in [-0.1, -0.05) is 0 Å². The predicted octanol–water partition coefficient (Wildman–Crippen LogP) is 2.14. The third-order valence-electron chi connectivity index (χ3n) is 3.38. The van der Waals surface area contributed by atoms with Gasteiger partial charge < -0.3 is 15.2 Å². The molecule has 0 aliphatic heterocycles. The summed E-state index contributed by atoms with van der Waals surface area (Å²) < 4.78 is 5.35. The standard InChI is InChI=1S/C14H17NO4S/c1-19-11-4-2-3-10(11)15-14(18)13-9(7-8-20-13)5-6-12(16)17/h5-8,10-11H,2-4H2,1H3,(H,15,18)(H,16,17). The van der Waals surface area contributed by atoms with E-state index in [1.165, 1.54) is 17.4 Å². The summed E-state index contributed by atoms with van der Waals surface area (Å²) >= 11 is 1.30. The Balaban J connectivity index is 2.06. The maximum atomic E-state index is 12.3. The normalized spacial score (nSPS) is 22.2. The van der Waals surface area contributed by atoms with E-state index in [0.29, 0.717) is 10.4 Å². The summed E-state index contributed by atoms with van der Waals surface area (Å²) in [4.78, 5) is 23.3. The van der Waals surface area contributed by atoms with Crippen LogP contribution in [0.2, 0.25) is 0 Å². The molecule has 2 rings (SSSR count). The van der Waals surface area contributed by atoms with Crippen molar-refractivity contribution in [2.24, 2.45) is 0 Å². The van der Waals surface area contributed by atoms with Crippen LogP contribution < -0.4 is 5.32 Å². The molecule has 1 aliphatic rings. The van der Waals surface area contributed by atoms with Crippen molar-refractivity contribution in [3.05, 3.63) is 28.0 Å². The van der Waals surface area contributed by atoms with Crippen molar-refractivity contribution in [2.75, 3.05) is 7.11 Å². The maximum Gasteiger partial charge on any atom is 0.328 e. The molecule has 1 aromatic rings. The van der Waals surface area contributed by atoms with Crippen molar-refractivity contribution >= 4 is 29.3 Å². The third-order valence-corrected chi connectivity index (χ3v) is 4.31. The van der Waals surface area contributed by atoms with E-state index >= 15 is 0 Å². The predicted molar refractivity (Wildman–Crippen MR) is 76.9 cm³/mol. The van der Waals surface area contributed by atoms with Crippen LogP contribution in [0.25, 0.3) is 6.08 Å². The molecular formula is C14H17NO4S. The smallest absolute Gasteiger partial charge is 0.328 e. The molecule has 0 aromatic carbocycles. The van der Waals surface area contributed by atoms with Gasteiger partial charge in [-0.05, 0) is 42.3 Å². The quantitative estimate of drug-likeness (QED) is 0.816. The van der Waals surface area contributed by atoms with Crippen molar-refractivity contribution < 1.29 is 19.4 Å². The van der Waals surface area contributed by atoms with Gasteiger partial charge in [0.15, 0.2) is 0 Å². The number of aliphatic carboxylic acids is 1. The maximum absolute atomic E-state index is 12.3. The van der Waals surface area contributed by atoms with Gasteiger partial charge in [0.2, 0.25) is 0 Å². The number of methoxy groups -OCH3 is 1. The zero-order chi connectivity index (χ0) is 14.5. The number of ether oxygens (including phenoxy) is 1. The van der Waals surface area contributed by atoms with Gasteiger partial charge in [0.25, 0.3) is 5.91 Å². The molecule has 108 valence electrons. The molecular weight excluding hydrogens is 278 g/mol. The van der Waals surface area contributed by atoms with Gasteiger partial charge in [0.05, 0.1) is 17.0 Å². The fourth-order valence-corrected chi connectivity index (χ4v) is 3.19. The minimum absolute atomic E-state index is 0.0332. The lowest BCUT2D eigenvalue weighted by Gasteiger charge is -2.19. The van der Waals surface area contributed by atoms with Crippen molar-refractivity contribution in [1.29, 1.82) is 0 Å². The Morgan fingerprint density at radius 2 is 2.30 bits per heavy atom.